The molecule has 80 valence electrons. The maximum Gasteiger partial charge on any atom is 0.0638 e. The summed E-state index contributed by atoms with van der Waals surface area (Å²) in [5.41, 5.74) is 1.42. The van der Waals surface area contributed by atoms with Crippen molar-refractivity contribution in [1.29, 1.82) is 0 Å². The minimum absolute atomic E-state index is 0. The van der Waals surface area contributed by atoms with Crippen LogP contribution in [-0.4, -0.2) is 4.98 Å². The van der Waals surface area contributed by atoms with E-state index in [1.807, 2.05) is 0 Å². The van der Waals surface area contributed by atoms with Gasteiger partial charge in [-0.25, -0.2) is 0 Å². The number of aromatic nitrogens is 1. The van der Waals surface area contributed by atoms with Gasteiger partial charge in [-0.05, 0) is 18.7 Å². The third-order valence-corrected chi connectivity index (χ3v) is 21.3. The zero-order valence-corrected chi connectivity index (χ0v) is 16.1. The molecule has 1 aromatic heterocycles. The average molecular weight is 452 g/mol. The molecular weight excluding hydrogens is 437 g/mol. The largest absolute Gasteiger partial charge is 0.339 e. The SMILES string of the molecule is [CH2-]Cc1cnc(CC)p1P(P)PP.[W]. The summed E-state index contributed by atoms with van der Waals surface area (Å²) < 4.78 is 0. The van der Waals surface area contributed by atoms with Gasteiger partial charge in [0.2, 0.25) is 0 Å². The van der Waals surface area contributed by atoms with Gasteiger partial charge in [0.25, 0.3) is 0 Å². The van der Waals surface area contributed by atoms with Gasteiger partial charge in [0.1, 0.15) is 0 Å². The van der Waals surface area contributed by atoms with Crippen molar-refractivity contribution in [2.24, 2.45) is 0 Å². The molecule has 0 N–H and O–H groups in total. The Hall–Kier alpha value is 2.12. The van der Waals surface area contributed by atoms with Gasteiger partial charge >= 0.3 is 0 Å². The van der Waals surface area contributed by atoms with E-state index in [1.165, 1.54) is 10.7 Å². The summed E-state index contributed by atoms with van der Waals surface area (Å²) in [6, 6.07) is 0. The standard InChI is InChI=1S/C7H15NP5.W/c1-3-6-5-8-7(4-2)12(6)13(10)11-9;/h5,11H,1,3-4,9-10H2,2H3;/q-1;. The molecule has 0 saturated heterocycles. The van der Waals surface area contributed by atoms with Gasteiger partial charge in [-0.2, -0.15) is 6.42 Å². The molecule has 0 amide bonds. The fourth-order valence-corrected chi connectivity index (χ4v) is 14.8. The Morgan fingerprint density at radius 3 is 2.79 bits per heavy atom. The van der Waals surface area contributed by atoms with Crippen molar-refractivity contribution < 1.29 is 21.1 Å². The van der Waals surface area contributed by atoms with Crippen molar-refractivity contribution in [1.82, 2.24) is 4.98 Å². The summed E-state index contributed by atoms with van der Waals surface area (Å²) in [6.07, 6.45) is 4.09. The molecule has 0 spiro atoms. The van der Waals surface area contributed by atoms with E-state index in [9.17, 15) is 0 Å². The minimum Gasteiger partial charge on any atom is -0.339 e. The molecule has 1 heterocycles. The van der Waals surface area contributed by atoms with Crippen molar-refractivity contribution >= 4 is 40.0 Å². The molecule has 0 saturated carbocycles. The molecule has 14 heavy (non-hydrogen) atoms. The molecule has 0 aromatic carbocycles. The Morgan fingerprint density at radius 1 is 1.71 bits per heavy atom. The smallest absolute Gasteiger partial charge is 0.0638 e. The number of hydrogen-bond acceptors (Lipinski definition) is 1. The second kappa shape index (κ2) is 8.24. The predicted octanol–water partition coefficient (Wildman–Crippen LogP) is 4.42. The monoisotopic (exact) mass is 452 g/mol. The first-order valence-electron chi connectivity index (χ1n) is 4.10. The summed E-state index contributed by atoms with van der Waals surface area (Å²) in [4.78, 5) is 4.50. The van der Waals surface area contributed by atoms with E-state index in [4.69, 9.17) is 0 Å². The first-order chi connectivity index (χ1) is 6.24. The Bertz CT molecular complexity index is 256. The van der Waals surface area contributed by atoms with Crippen LogP contribution in [0.3, 0.4) is 0 Å². The second-order valence-corrected chi connectivity index (χ2v) is 17.8. The average Bonchev–Trinajstić information content (AvgIpc) is 2.59. The van der Waals surface area contributed by atoms with Crippen molar-refractivity contribution in [3.05, 3.63) is 23.8 Å². The summed E-state index contributed by atoms with van der Waals surface area (Å²) in [6.45, 7) is 6.24. The molecule has 0 radical (unpaired) electrons. The maximum atomic E-state index is 4.50. The van der Waals surface area contributed by atoms with Crippen molar-refractivity contribution in [3.63, 3.8) is 0 Å². The second-order valence-electron chi connectivity index (χ2n) is 2.55. The van der Waals surface area contributed by atoms with Crippen molar-refractivity contribution in [2.75, 3.05) is 0 Å². The fourth-order valence-electron chi connectivity index (χ4n) is 1.16. The first kappa shape index (κ1) is 16.1. The zero-order chi connectivity index (χ0) is 9.84. The first-order valence-corrected chi connectivity index (χ1v) is 12.8. The Morgan fingerprint density at radius 2 is 2.36 bits per heavy atom. The van der Waals surface area contributed by atoms with Crippen molar-refractivity contribution in [3.8, 4) is 0 Å². The number of aryl methyl sites for hydroxylation is 1. The Kier molecular flexibility index (Phi) is 9.49. The quantitative estimate of drug-likeness (QED) is 0.487. The van der Waals surface area contributed by atoms with E-state index in [-0.39, 0.29) is 35.3 Å². The van der Waals surface area contributed by atoms with Crippen LogP contribution in [0, 0.1) is 6.92 Å². The van der Waals surface area contributed by atoms with Gasteiger partial charge in [0.15, 0.2) is 0 Å². The molecule has 0 aliphatic heterocycles. The van der Waals surface area contributed by atoms with E-state index in [1.54, 1.807) is 0 Å². The van der Waals surface area contributed by atoms with E-state index in [0.29, 0.717) is 0 Å². The molecular formula is C7H15NP5W-. The van der Waals surface area contributed by atoms with Crippen LogP contribution >= 0.6 is 40.0 Å². The molecule has 5 atom stereocenters. The maximum absolute atomic E-state index is 4.50. The third kappa shape index (κ3) is 3.85. The van der Waals surface area contributed by atoms with Gasteiger partial charge in [0.05, 0.1) is 5.43 Å². The molecule has 0 aliphatic carbocycles. The Balaban J connectivity index is 0.00000169. The normalized spacial score (nSPS) is 14.4. The van der Waals surface area contributed by atoms with Crippen molar-refractivity contribution in [2.45, 2.75) is 19.8 Å². The van der Waals surface area contributed by atoms with Gasteiger partial charge in [-0.15, -0.1) is 8.93 Å². The number of rotatable bonds is 4. The van der Waals surface area contributed by atoms with Crippen LogP contribution in [0.5, 0.6) is 0 Å². The molecule has 0 fully saturated rings. The minimum atomic E-state index is -0.0656. The summed E-state index contributed by atoms with van der Waals surface area (Å²) in [7, 11) is 6.79. The van der Waals surface area contributed by atoms with Crippen LogP contribution in [0.1, 0.15) is 17.6 Å². The van der Waals surface area contributed by atoms with Crippen LogP contribution in [-0.2, 0) is 33.9 Å². The van der Waals surface area contributed by atoms with E-state index >= 15 is 0 Å². The van der Waals surface area contributed by atoms with Gasteiger partial charge in [-0.3, -0.25) is 4.98 Å². The van der Waals surface area contributed by atoms with Crippen LogP contribution < -0.4 is 0 Å². The number of hydrogen-bond donors (Lipinski definition) is 0. The van der Waals surface area contributed by atoms with Gasteiger partial charge < -0.3 is 6.92 Å². The molecule has 5 unspecified atom stereocenters. The van der Waals surface area contributed by atoms with Crippen LogP contribution in [0.25, 0.3) is 0 Å². The molecule has 0 aliphatic rings. The van der Waals surface area contributed by atoms with Gasteiger partial charge in [0, 0.05) is 27.3 Å². The zero-order valence-electron chi connectivity index (χ0n) is 8.10. The van der Waals surface area contributed by atoms with Crippen LogP contribution in [0.4, 0.5) is 0 Å². The number of nitrogens with zero attached hydrogens (tertiary/aromatic N) is 1. The van der Waals surface area contributed by atoms with E-state index < -0.39 is 0 Å². The fraction of sp³-hybridized carbons (Fsp3) is 0.429. The van der Waals surface area contributed by atoms with Gasteiger partial charge in [-0.1, -0.05) is 31.0 Å². The Labute approximate surface area is 109 Å². The van der Waals surface area contributed by atoms with E-state index in [0.717, 1.165) is 20.8 Å². The predicted molar refractivity (Wildman–Crippen MR) is 75.4 cm³/mol. The molecule has 1 rings (SSSR count). The van der Waals surface area contributed by atoms with Crippen LogP contribution in [0.2, 0.25) is 0 Å². The summed E-state index contributed by atoms with van der Waals surface area (Å²) in [5.74, 6) is 0. The molecule has 0 bridgehead atoms. The summed E-state index contributed by atoms with van der Waals surface area (Å²) in [5, 5.41) is 1.49. The van der Waals surface area contributed by atoms with E-state index in [2.05, 4.69) is 42.9 Å². The third-order valence-electron chi connectivity index (χ3n) is 1.80. The molecule has 1 aromatic rings. The van der Waals surface area contributed by atoms with Crippen LogP contribution in [0.15, 0.2) is 6.20 Å². The molecule has 7 heteroatoms. The summed E-state index contributed by atoms with van der Waals surface area (Å²) >= 11 is 0. The topological polar surface area (TPSA) is 12.9 Å². The molecule has 1 nitrogen and oxygen atoms in total.